The van der Waals surface area contributed by atoms with E-state index < -0.39 is 40.8 Å². The molecule has 0 spiro atoms. The SMILES string of the molecule is CC1(C)C(C(=O)O)C1C(=O)Nc1ccc(F)c(F)c1. The van der Waals surface area contributed by atoms with Gasteiger partial charge in [0.15, 0.2) is 11.6 Å². The fourth-order valence-corrected chi connectivity index (χ4v) is 2.38. The molecule has 0 heterocycles. The summed E-state index contributed by atoms with van der Waals surface area (Å²) in [5, 5.41) is 11.4. The number of anilines is 1. The monoisotopic (exact) mass is 269 g/mol. The summed E-state index contributed by atoms with van der Waals surface area (Å²) in [7, 11) is 0. The van der Waals surface area contributed by atoms with Crippen LogP contribution < -0.4 is 5.32 Å². The summed E-state index contributed by atoms with van der Waals surface area (Å²) in [6.45, 7) is 3.36. The Morgan fingerprint density at radius 3 is 2.32 bits per heavy atom. The van der Waals surface area contributed by atoms with Crippen LogP contribution in [0, 0.1) is 28.9 Å². The number of rotatable bonds is 3. The van der Waals surface area contributed by atoms with Gasteiger partial charge in [0.25, 0.3) is 0 Å². The Kier molecular flexibility index (Phi) is 3.04. The Labute approximate surface area is 108 Å². The van der Waals surface area contributed by atoms with Gasteiger partial charge in [0.05, 0.1) is 11.8 Å². The van der Waals surface area contributed by atoms with Crippen LogP contribution >= 0.6 is 0 Å². The van der Waals surface area contributed by atoms with E-state index >= 15 is 0 Å². The Hall–Kier alpha value is -1.98. The lowest BCUT2D eigenvalue weighted by Crippen LogP contribution is -2.17. The van der Waals surface area contributed by atoms with Gasteiger partial charge >= 0.3 is 5.97 Å². The van der Waals surface area contributed by atoms with E-state index in [0.717, 1.165) is 12.1 Å². The number of carbonyl (C=O) groups excluding carboxylic acids is 1. The normalized spacial score (nSPS) is 23.8. The van der Waals surface area contributed by atoms with Gasteiger partial charge in [-0.1, -0.05) is 13.8 Å². The summed E-state index contributed by atoms with van der Waals surface area (Å²) in [5.41, 5.74) is -0.523. The molecule has 4 nitrogen and oxygen atoms in total. The third kappa shape index (κ3) is 2.30. The predicted octanol–water partition coefficient (Wildman–Crippen LogP) is 2.26. The molecule has 1 saturated carbocycles. The second-order valence-corrected chi connectivity index (χ2v) is 5.23. The Balaban J connectivity index is 2.10. The molecule has 1 aliphatic rings. The molecule has 2 N–H and O–H groups in total. The molecule has 1 aliphatic carbocycles. The quantitative estimate of drug-likeness (QED) is 0.884. The van der Waals surface area contributed by atoms with Crippen LogP contribution in [-0.2, 0) is 9.59 Å². The number of aliphatic carboxylic acids is 1. The zero-order valence-electron chi connectivity index (χ0n) is 10.4. The largest absolute Gasteiger partial charge is 0.481 e. The van der Waals surface area contributed by atoms with Crippen molar-refractivity contribution in [3.05, 3.63) is 29.8 Å². The van der Waals surface area contributed by atoms with Crippen molar-refractivity contribution in [1.29, 1.82) is 0 Å². The molecule has 19 heavy (non-hydrogen) atoms. The van der Waals surface area contributed by atoms with E-state index in [2.05, 4.69) is 5.32 Å². The highest BCUT2D eigenvalue weighted by molar-refractivity contribution is 5.99. The lowest BCUT2D eigenvalue weighted by Gasteiger charge is -2.06. The molecule has 2 unspecified atom stereocenters. The van der Waals surface area contributed by atoms with Gasteiger partial charge in [0, 0.05) is 11.8 Å². The Morgan fingerprint density at radius 1 is 1.21 bits per heavy atom. The second-order valence-electron chi connectivity index (χ2n) is 5.23. The number of amides is 1. The first-order valence-electron chi connectivity index (χ1n) is 5.74. The van der Waals surface area contributed by atoms with Crippen LogP contribution in [0.5, 0.6) is 0 Å². The third-order valence-electron chi connectivity index (χ3n) is 3.56. The number of carboxylic acids is 1. The van der Waals surface area contributed by atoms with E-state index in [1.54, 1.807) is 13.8 Å². The molecular formula is C13H13F2NO3. The van der Waals surface area contributed by atoms with Crippen molar-refractivity contribution < 1.29 is 23.5 Å². The summed E-state index contributed by atoms with van der Waals surface area (Å²) in [5.74, 6) is -5.02. The first-order chi connectivity index (χ1) is 8.75. The van der Waals surface area contributed by atoms with Gasteiger partial charge in [0.2, 0.25) is 5.91 Å². The molecule has 6 heteroatoms. The Morgan fingerprint density at radius 2 is 1.84 bits per heavy atom. The second kappa shape index (κ2) is 4.29. The van der Waals surface area contributed by atoms with Crippen molar-refractivity contribution in [2.24, 2.45) is 17.3 Å². The lowest BCUT2D eigenvalue weighted by atomic mass is 10.1. The first-order valence-corrected chi connectivity index (χ1v) is 5.74. The maximum absolute atomic E-state index is 13.0. The molecule has 2 atom stereocenters. The van der Waals surface area contributed by atoms with Gasteiger partial charge in [-0.3, -0.25) is 9.59 Å². The predicted molar refractivity (Wildman–Crippen MR) is 63.4 cm³/mol. The maximum atomic E-state index is 13.0. The summed E-state index contributed by atoms with van der Waals surface area (Å²) in [4.78, 5) is 22.9. The number of nitrogens with one attached hydrogen (secondary N) is 1. The topological polar surface area (TPSA) is 66.4 Å². The van der Waals surface area contributed by atoms with Crippen LogP contribution in [0.15, 0.2) is 18.2 Å². The summed E-state index contributed by atoms with van der Waals surface area (Å²) < 4.78 is 25.7. The molecular weight excluding hydrogens is 256 g/mol. The molecule has 0 aliphatic heterocycles. The average molecular weight is 269 g/mol. The number of hydrogen-bond acceptors (Lipinski definition) is 2. The number of carboxylic acid groups (broad SMARTS) is 1. The van der Waals surface area contributed by atoms with E-state index in [1.165, 1.54) is 6.07 Å². The highest BCUT2D eigenvalue weighted by atomic mass is 19.2. The zero-order chi connectivity index (χ0) is 14.4. The van der Waals surface area contributed by atoms with Crippen LogP contribution in [0.2, 0.25) is 0 Å². The van der Waals surface area contributed by atoms with Gasteiger partial charge in [-0.2, -0.15) is 0 Å². The number of carbonyl (C=O) groups is 2. The van der Waals surface area contributed by atoms with E-state index in [1.807, 2.05) is 0 Å². The summed E-state index contributed by atoms with van der Waals surface area (Å²) >= 11 is 0. The van der Waals surface area contributed by atoms with E-state index in [9.17, 15) is 18.4 Å². The molecule has 0 aromatic heterocycles. The van der Waals surface area contributed by atoms with Crippen molar-refractivity contribution in [2.45, 2.75) is 13.8 Å². The van der Waals surface area contributed by atoms with Gasteiger partial charge < -0.3 is 10.4 Å². The van der Waals surface area contributed by atoms with E-state index in [0.29, 0.717) is 0 Å². The van der Waals surface area contributed by atoms with Crippen LogP contribution in [0.1, 0.15) is 13.8 Å². The van der Waals surface area contributed by atoms with Crippen molar-refractivity contribution in [3.63, 3.8) is 0 Å². The van der Waals surface area contributed by atoms with Crippen molar-refractivity contribution in [2.75, 3.05) is 5.32 Å². The summed E-state index contributed by atoms with van der Waals surface area (Å²) in [6.07, 6.45) is 0. The molecule has 1 amide bonds. The van der Waals surface area contributed by atoms with Crippen molar-refractivity contribution >= 4 is 17.6 Å². The van der Waals surface area contributed by atoms with E-state index in [-0.39, 0.29) is 5.69 Å². The highest BCUT2D eigenvalue weighted by Gasteiger charge is 2.65. The molecule has 1 aromatic carbocycles. The minimum Gasteiger partial charge on any atom is -0.481 e. The first kappa shape index (κ1) is 13.5. The molecule has 0 radical (unpaired) electrons. The molecule has 0 bridgehead atoms. The Bertz CT molecular complexity index is 557. The van der Waals surface area contributed by atoms with Crippen LogP contribution in [0.3, 0.4) is 0 Å². The maximum Gasteiger partial charge on any atom is 0.307 e. The fraction of sp³-hybridized carbons (Fsp3) is 0.385. The molecule has 2 rings (SSSR count). The minimum absolute atomic E-state index is 0.107. The average Bonchev–Trinajstić information content (AvgIpc) is 2.87. The van der Waals surface area contributed by atoms with Crippen molar-refractivity contribution in [3.8, 4) is 0 Å². The van der Waals surface area contributed by atoms with Gasteiger partial charge in [-0.25, -0.2) is 8.78 Å². The third-order valence-corrected chi connectivity index (χ3v) is 3.56. The number of benzene rings is 1. The summed E-state index contributed by atoms with van der Waals surface area (Å²) in [6, 6.07) is 2.98. The smallest absolute Gasteiger partial charge is 0.307 e. The lowest BCUT2D eigenvalue weighted by molar-refractivity contribution is -0.140. The highest BCUT2D eigenvalue weighted by Crippen LogP contribution is 2.58. The standard InChI is InChI=1S/C13H13F2NO3/c1-13(2)9(10(13)12(18)19)11(17)16-6-3-4-7(14)8(15)5-6/h3-5,9-10H,1-2H3,(H,16,17)(H,18,19). The molecule has 1 fully saturated rings. The minimum atomic E-state index is -1.07. The van der Waals surface area contributed by atoms with Gasteiger partial charge in [0.1, 0.15) is 0 Å². The number of hydrogen-bond donors (Lipinski definition) is 2. The number of halogens is 2. The molecule has 1 aromatic rings. The zero-order valence-corrected chi connectivity index (χ0v) is 10.4. The van der Waals surface area contributed by atoms with E-state index in [4.69, 9.17) is 5.11 Å². The molecule has 102 valence electrons. The fourth-order valence-electron chi connectivity index (χ4n) is 2.38. The van der Waals surface area contributed by atoms with Crippen LogP contribution in [0.25, 0.3) is 0 Å². The molecule has 0 saturated heterocycles. The van der Waals surface area contributed by atoms with Gasteiger partial charge in [-0.15, -0.1) is 0 Å². The van der Waals surface area contributed by atoms with Crippen molar-refractivity contribution in [1.82, 2.24) is 0 Å². The van der Waals surface area contributed by atoms with Gasteiger partial charge in [-0.05, 0) is 17.5 Å². The van der Waals surface area contributed by atoms with Crippen LogP contribution in [-0.4, -0.2) is 17.0 Å². The van der Waals surface area contributed by atoms with Crippen LogP contribution in [0.4, 0.5) is 14.5 Å².